The molecular formula is C19H19ClN4O3S. The highest BCUT2D eigenvalue weighted by atomic mass is 35.5. The summed E-state index contributed by atoms with van der Waals surface area (Å²) in [5.41, 5.74) is 1.82. The second-order valence-electron chi connectivity index (χ2n) is 5.56. The molecule has 1 heterocycles. The first-order chi connectivity index (χ1) is 13.6. The van der Waals surface area contributed by atoms with Crippen LogP contribution < -0.4 is 14.2 Å². The molecule has 3 rings (SSSR count). The summed E-state index contributed by atoms with van der Waals surface area (Å²) in [6.45, 7) is 0. The normalized spacial score (nSPS) is 11.0. The fraction of sp³-hybridized carbons (Fsp3) is 0.211. The maximum absolute atomic E-state index is 5.92. The zero-order chi connectivity index (χ0) is 19.9. The van der Waals surface area contributed by atoms with Gasteiger partial charge in [-0.05, 0) is 17.7 Å². The van der Waals surface area contributed by atoms with Gasteiger partial charge in [0.15, 0.2) is 0 Å². The zero-order valence-corrected chi connectivity index (χ0v) is 17.2. The van der Waals surface area contributed by atoms with E-state index in [1.807, 2.05) is 24.3 Å². The lowest BCUT2D eigenvalue weighted by atomic mass is 10.2. The summed E-state index contributed by atoms with van der Waals surface area (Å²) < 4.78 is 17.7. The molecule has 0 spiro atoms. The first-order valence-electron chi connectivity index (χ1n) is 8.26. The van der Waals surface area contributed by atoms with Crippen molar-refractivity contribution in [1.29, 1.82) is 0 Å². The van der Waals surface area contributed by atoms with Gasteiger partial charge in [-0.3, -0.25) is 0 Å². The van der Waals surface area contributed by atoms with Gasteiger partial charge in [0.2, 0.25) is 5.16 Å². The van der Waals surface area contributed by atoms with Crippen LogP contribution in [0.5, 0.6) is 17.2 Å². The fourth-order valence-electron chi connectivity index (χ4n) is 2.40. The average Bonchev–Trinajstić information content (AvgIpc) is 3.18. The number of rotatable bonds is 8. The molecule has 7 nitrogen and oxygen atoms in total. The maximum Gasteiger partial charge on any atom is 0.212 e. The lowest BCUT2D eigenvalue weighted by molar-refractivity contribution is 0.374. The number of benzene rings is 2. The summed E-state index contributed by atoms with van der Waals surface area (Å²) in [7, 11) is 4.75. The van der Waals surface area contributed by atoms with E-state index >= 15 is 0 Å². The first-order valence-corrected chi connectivity index (χ1v) is 9.62. The minimum atomic E-state index is 0.586. The molecule has 28 heavy (non-hydrogen) atoms. The Hall–Kier alpha value is -2.71. The van der Waals surface area contributed by atoms with E-state index in [0.29, 0.717) is 33.0 Å². The highest BCUT2D eigenvalue weighted by Gasteiger charge is 2.12. The van der Waals surface area contributed by atoms with E-state index in [1.165, 1.54) is 11.8 Å². The Labute approximate surface area is 172 Å². The summed E-state index contributed by atoms with van der Waals surface area (Å²) in [5.74, 6) is 2.53. The Morgan fingerprint density at radius 2 is 1.75 bits per heavy atom. The Bertz CT molecular complexity index is 935. The predicted octanol–water partition coefficient (Wildman–Crippen LogP) is 4.13. The molecule has 0 aliphatic carbocycles. The molecule has 9 heteroatoms. The van der Waals surface area contributed by atoms with Gasteiger partial charge in [0.1, 0.15) is 23.6 Å². The van der Waals surface area contributed by atoms with Crippen molar-refractivity contribution in [3.8, 4) is 17.2 Å². The molecule has 0 aliphatic rings. The molecule has 0 N–H and O–H groups in total. The van der Waals surface area contributed by atoms with E-state index in [9.17, 15) is 0 Å². The van der Waals surface area contributed by atoms with Gasteiger partial charge >= 0.3 is 0 Å². The molecular weight excluding hydrogens is 400 g/mol. The number of aromatic nitrogens is 3. The number of halogens is 1. The Balaban J connectivity index is 1.80. The van der Waals surface area contributed by atoms with Gasteiger partial charge in [0, 0.05) is 22.9 Å². The van der Waals surface area contributed by atoms with E-state index in [1.54, 1.807) is 50.7 Å². The van der Waals surface area contributed by atoms with Crippen LogP contribution in [-0.2, 0) is 5.75 Å². The average molecular weight is 419 g/mol. The van der Waals surface area contributed by atoms with Gasteiger partial charge < -0.3 is 14.2 Å². The molecule has 1 aromatic heterocycles. The standard InChI is InChI=1S/C19H19ClN4O3S/c1-25-15-8-17(26-2)16(18(9-15)27-3)10-22-24-12-21-23-19(24)28-11-13-4-6-14(20)7-5-13/h4-10,12H,11H2,1-3H3/b22-10+. The van der Waals surface area contributed by atoms with Crippen LogP contribution in [0.25, 0.3) is 0 Å². The topological polar surface area (TPSA) is 70.8 Å². The molecule has 0 aliphatic heterocycles. The lowest BCUT2D eigenvalue weighted by Gasteiger charge is -2.12. The monoisotopic (exact) mass is 418 g/mol. The molecule has 0 atom stereocenters. The highest BCUT2D eigenvalue weighted by Crippen LogP contribution is 2.32. The predicted molar refractivity (Wildman–Crippen MR) is 110 cm³/mol. The number of hydrogen-bond donors (Lipinski definition) is 0. The van der Waals surface area contributed by atoms with Crippen LogP contribution in [0.3, 0.4) is 0 Å². The molecule has 146 valence electrons. The van der Waals surface area contributed by atoms with Crippen molar-refractivity contribution in [3.05, 3.63) is 58.9 Å². The molecule has 0 bridgehead atoms. The van der Waals surface area contributed by atoms with Gasteiger partial charge in [0.25, 0.3) is 0 Å². The van der Waals surface area contributed by atoms with Gasteiger partial charge in [-0.1, -0.05) is 35.5 Å². The van der Waals surface area contributed by atoms with E-state index in [-0.39, 0.29) is 0 Å². The van der Waals surface area contributed by atoms with Crippen LogP contribution >= 0.6 is 23.4 Å². The van der Waals surface area contributed by atoms with Crippen molar-refractivity contribution in [2.45, 2.75) is 10.9 Å². The third-order valence-corrected chi connectivity index (χ3v) is 5.10. The zero-order valence-electron chi connectivity index (χ0n) is 15.6. The maximum atomic E-state index is 5.92. The summed E-state index contributed by atoms with van der Waals surface area (Å²) in [4.78, 5) is 0. The van der Waals surface area contributed by atoms with Crippen LogP contribution in [0.15, 0.2) is 53.0 Å². The smallest absolute Gasteiger partial charge is 0.212 e. The van der Waals surface area contributed by atoms with E-state index in [4.69, 9.17) is 25.8 Å². The second-order valence-corrected chi connectivity index (χ2v) is 6.94. The second kappa shape index (κ2) is 9.48. The van der Waals surface area contributed by atoms with Crippen LogP contribution in [0, 0.1) is 0 Å². The highest BCUT2D eigenvalue weighted by molar-refractivity contribution is 7.98. The van der Waals surface area contributed by atoms with E-state index in [2.05, 4.69) is 15.3 Å². The van der Waals surface area contributed by atoms with Crippen molar-refractivity contribution in [1.82, 2.24) is 14.9 Å². The lowest BCUT2D eigenvalue weighted by Crippen LogP contribution is -1.99. The third kappa shape index (κ3) is 4.76. The van der Waals surface area contributed by atoms with Crippen LogP contribution in [0.1, 0.15) is 11.1 Å². The van der Waals surface area contributed by atoms with E-state index in [0.717, 1.165) is 11.3 Å². The molecule has 2 aromatic carbocycles. The number of hydrogen-bond acceptors (Lipinski definition) is 7. The van der Waals surface area contributed by atoms with Crippen molar-refractivity contribution in [2.24, 2.45) is 5.10 Å². The Morgan fingerprint density at radius 1 is 1.07 bits per heavy atom. The van der Waals surface area contributed by atoms with Crippen LogP contribution in [0.4, 0.5) is 0 Å². The summed E-state index contributed by atoms with van der Waals surface area (Å²) >= 11 is 7.45. The minimum Gasteiger partial charge on any atom is -0.496 e. The quantitative estimate of drug-likeness (QED) is 0.404. The SMILES string of the molecule is COc1cc(OC)c(/C=N/n2cnnc2SCc2ccc(Cl)cc2)c(OC)c1. The van der Waals surface area contributed by atoms with Crippen LogP contribution in [-0.4, -0.2) is 42.4 Å². The van der Waals surface area contributed by atoms with Crippen molar-refractivity contribution in [2.75, 3.05) is 21.3 Å². The molecule has 0 fully saturated rings. The number of thioether (sulfide) groups is 1. The largest absolute Gasteiger partial charge is 0.496 e. The fourth-order valence-corrected chi connectivity index (χ4v) is 3.35. The number of ether oxygens (including phenoxy) is 3. The molecule has 0 radical (unpaired) electrons. The summed E-state index contributed by atoms with van der Waals surface area (Å²) in [6, 6.07) is 11.2. The number of nitrogens with zero attached hydrogens (tertiary/aromatic N) is 4. The van der Waals surface area contributed by atoms with Crippen molar-refractivity contribution in [3.63, 3.8) is 0 Å². The molecule has 0 unspecified atom stereocenters. The molecule has 3 aromatic rings. The van der Waals surface area contributed by atoms with Crippen molar-refractivity contribution < 1.29 is 14.2 Å². The van der Waals surface area contributed by atoms with Gasteiger partial charge in [-0.2, -0.15) is 9.78 Å². The van der Waals surface area contributed by atoms with Crippen molar-refractivity contribution >= 4 is 29.6 Å². The van der Waals surface area contributed by atoms with Gasteiger partial charge in [-0.25, -0.2) is 0 Å². The first kappa shape index (κ1) is 20.0. The Morgan fingerprint density at radius 3 is 2.36 bits per heavy atom. The summed E-state index contributed by atoms with van der Waals surface area (Å²) in [5, 5.41) is 13.9. The van der Waals surface area contributed by atoms with Gasteiger partial charge in [-0.15, -0.1) is 10.2 Å². The molecule has 0 saturated carbocycles. The molecule has 0 saturated heterocycles. The summed E-state index contributed by atoms with van der Waals surface area (Å²) in [6.07, 6.45) is 3.19. The minimum absolute atomic E-state index is 0.586. The van der Waals surface area contributed by atoms with Crippen LogP contribution in [0.2, 0.25) is 5.02 Å². The van der Waals surface area contributed by atoms with Gasteiger partial charge in [0.05, 0.1) is 33.1 Å². The van der Waals surface area contributed by atoms with E-state index < -0.39 is 0 Å². The number of methoxy groups -OCH3 is 3. The Kier molecular flexibility index (Phi) is 6.78. The third-order valence-electron chi connectivity index (χ3n) is 3.85. The molecule has 0 amide bonds.